The van der Waals surface area contributed by atoms with E-state index in [0.717, 1.165) is 5.69 Å². The Morgan fingerprint density at radius 3 is 1.83 bits per heavy atom. The monoisotopic (exact) mass is 262 g/mol. The zero-order valence-electron chi connectivity index (χ0n) is 9.35. The highest BCUT2D eigenvalue weighted by Crippen LogP contribution is 2.18. The van der Waals surface area contributed by atoms with Crippen LogP contribution in [-0.4, -0.2) is 11.1 Å². The Morgan fingerprint density at radius 1 is 0.833 bits per heavy atom. The fourth-order valence-corrected chi connectivity index (χ4v) is 1.28. The summed E-state index contributed by atoms with van der Waals surface area (Å²) < 4.78 is 0. The van der Waals surface area contributed by atoms with E-state index in [-0.39, 0.29) is 18.0 Å². The molecule has 0 aliphatic heterocycles. The third-order valence-corrected chi connectivity index (χ3v) is 2.15. The molecule has 0 aromatic heterocycles. The molecule has 0 amide bonds. The van der Waals surface area contributed by atoms with E-state index in [9.17, 15) is 4.79 Å². The van der Waals surface area contributed by atoms with Crippen LogP contribution in [0, 0.1) is 0 Å². The summed E-state index contributed by atoms with van der Waals surface area (Å²) >= 11 is 0. The van der Waals surface area contributed by atoms with Crippen LogP contribution in [0.4, 0.5) is 11.4 Å². The van der Waals surface area contributed by atoms with E-state index in [1.807, 2.05) is 30.3 Å². The van der Waals surface area contributed by atoms with Crippen molar-refractivity contribution in [2.45, 2.75) is 0 Å². The maximum absolute atomic E-state index is 10.6. The predicted octanol–water partition coefficient (Wildman–Crippen LogP) is 4.22. The minimum atomic E-state index is -0.948. The lowest BCUT2D eigenvalue weighted by Gasteiger charge is -1.95. The van der Waals surface area contributed by atoms with Crippen molar-refractivity contribution in [3.05, 3.63) is 60.2 Å². The van der Waals surface area contributed by atoms with Crippen LogP contribution in [0.5, 0.6) is 0 Å². The van der Waals surface area contributed by atoms with Gasteiger partial charge in [0.25, 0.3) is 0 Å². The normalized spacial score (nSPS) is 10.0. The van der Waals surface area contributed by atoms with Gasteiger partial charge in [0.15, 0.2) is 0 Å². The molecule has 0 aliphatic rings. The first-order valence-electron chi connectivity index (χ1n) is 5.06. The molecule has 0 aliphatic carbocycles. The third kappa shape index (κ3) is 3.68. The van der Waals surface area contributed by atoms with Crippen molar-refractivity contribution in [1.82, 2.24) is 0 Å². The summed E-state index contributed by atoms with van der Waals surface area (Å²) in [5.74, 6) is -0.948. The molecular formula is C13H11ClN2O2. The molecule has 4 nitrogen and oxygen atoms in total. The summed E-state index contributed by atoms with van der Waals surface area (Å²) in [5.41, 5.74) is 1.62. The fraction of sp³-hybridized carbons (Fsp3) is 0. The van der Waals surface area contributed by atoms with Crippen molar-refractivity contribution in [2.24, 2.45) is 10.2 Å². The van der Waals surface area contributed by atoms with Crippen LogP contribution >= 0.6 is 12.4 Å². The van der Waals surface area contributed by atoms with E-state index in [0.29, 0.717) is 5.69 Å². The van der Waals surface area contributed by atoms with Gasteiger partial charge in [-0.2, -0.15) is 10.2 Å². The van der Waals surface area contributed by atoms with Gasteiger partial charge in [0, 0.05) is 0 Å². The molecule has 2 aromatic carbocycles. The van der Waals surface area contributed by atoms with Crippen molar-refractivity contribution in [2.75, 3.05) is 0 Å². The molecule has 0 fully saturated rings. The molecule has 0 saturated heterocycles. The van der Waals surface area contributed by atoms with E-state index in [1.165, 1.54) is 12.1 Å². The SMILES string of the molecule is Cl.O=C(O)c1ccc(N=Nc2ccccc2)cc1. The van der Waals surface area contributed by atoms with E-state index in [4.69, 9.17) is 5.11 Å². The van der Waals surface area contributed by atoms with E-state index < -0.39 is 5.97 Å². The Hall–Kier alpha value is -2.20. The quantitative estimate of drug-likeness (QED) is 0.842. The summed E-state index contributed by atoms with van der Waals surface area (Å²) in [6.45, 7) is 0. The highest BCUT2D eigenvalue weighted by atomic mass is 35.5. The molecule has 92 valence electrons. The third-order valence-electron chi connectivity index (χ3n) is 2.15. The fourth-order valence-electron chi connectivity index (χ4n) is 1.28. The number of azo groups is 1. The van der Waals surface area contributed by atoms with Gasteiger partial charge in [-0.1, -0.05) is 18.2 Å². The lowest BCUT2D eigenvalue weighted by Crippen LogP contribution is -1.93. The van der Waals surface area contributed by atoms with Crippen LogP contribution < -0.4 is 0 Å². The van der Waals surface area contributed by atoms with Gasteiger partial charge in [-0.25, -0.2) is 4.79 Å². The van der Waals surface area contributed by atoms with E-state index >= 15 is 0 Å². The Bertz CT molecular complexity index is 539. The first kappa shape index (κ1) is 13.9. The van der Waals surface area contributed by atoms with Gasteiger partial charge in [-0.15, -0.1) is 12.4 Å². The number of aromatic carboxylic acids is 1. The van der Waals surface area contributed by atoms with Gasteiger partial charge < -0.3 is 5.11 Å². The van der Waals surface area contributed by atoms with Crippen molar-refractivity contribution in [3.8, 4) is 0 Å². The topological polar surface area (TPSA) is 62.0 Å². The minimum absolute atomic E-state index is 0. The van der Waals surface area contributed by atoms with Crippen LogP contribution in [0.1, 0.15) is 10.4 Å². The summed E-state index contributed by atoms with van der Waals surface area (Å²) in [7, 11) is 0. The van der Waals surface area contributed by atoms with Crippen LogP contribution in [0.25, 0.3) is 0 Å². The van der Waals surface area contributed by atoms with Gasteiger partial charge in [0.1, 0.15) is 0 Å². The first-order chi connectivity index (χ1) is 8.25. The number of hydrogen-bond acceptors (Lipinski definition) is 3. The number of carbonyl (C=O) groups is 1. The number of carboxylic acids is 1. The molecule has 18 heavy (non-hydrogen) atoms. The Labute approximate surface area is 110 Å². The standard InChI is InChI=1S/C13H10N2O2.ClH/c16-13(17)10-6-8-12(9-7-10)15-14-11-4-2-1-3-5-11;/h1-9H,(H,16,17);1H. The molecular weight excluding hydrogens is 252 g/mol. The van der Waals surface area contributed by atoms with Crippen molar-refractivity contribution in [1.29, 1.82) is 0 Å². The highest BCUT2D eigenvalue weighted by Gasteiger charge is 2.00. The molecule has 0 heterocycles. The van der Waals surface area contributed by atoms with Crippen LogP contribution in [0.15, 0.2) is 64.8 Å². The molecule has 0 radical (unpaired) electrons. The molecule has 1 N–H and O–H groups in total. The molecule has 0 atom stereocenters. The van der Waals surface area contributed by atoms with Gasteiger partial charge in [0.2, 0.25) is 0 Å². The number of hydrogen-bond donors (Lipinski definition) is 1. The smallest absolute Gasteiger partial charge is 0.335 e. The van der Waals surface area contributed by atoms with Gasteiger partial charge in [-0.3, -0.25) is 0 Å². The minimum Gasteiger partial charge on any atom is -0.478 e. The molecule has 0 saturated carbocycles. The van der Waals surface area contributed by atoms with Crippen molar-refractivity contribution in [3.63, 3.8) is 0 Å². The maximum Gasteiger partial charge on any atom is 0.335 e. The van der Waals surface area contributed by atoms with Crippen molar-refractivity contribution < 1.29 is 9.90 Å². The van der Waals surface area contributed by atoms with E-state index in [1.54, 1.807) is 12.1 Å². The number of nitrogens with zero attached hydrogens (tertiary/aromatic N) is 2. The molecule has 0 spiro atoms. The maximum atomic E-state index is 10.6. The summed E-state index contributed by atoms with van der Waals surface area (Å²) in [6.07, 6.45) is 0. The van der Waals surface area contributed by atoms with Crippen molar-refractivity contribution >= 4 is 29.8 Å². The largest absolute Gasteiger partial charge is 0.478 e. The van der Waals surface area contributed by atoms with Crippen LogP contribution in [0.3, 0.4) is 0 Å². The highest BCUT2D eigenvalue weighted by molar-refractivity contribution is 5.87. The number of halogens is 1. The molecule has 2 aromatic rings. The Balaban J connectivity index is 0.00000162. The number of carboxylic acid groups (broad SMARTS) is 1. The van der Waals surface area contributed by atoms with E-state index in [2.05, 4.69) is 10.2 Å². The second-order valence-electron chi connectivity index (χ2n) is 3.39. The zero-order valence-corrected chi connectivity index (χ0v) is 10.2. The Morgan fingerprint density at radius 2 is 1.33 bits per heavy atom. The number of rotatable bonds is 3. The first-order valence-corrected chi connectivity index (χ1v) is 5.06. The van der Waals surface area contributed by atoms with Gasteiger partial charge in [0.05, 0.1) is 16.9 Å². The molecule has 0 bridgehead atoms. The Kier molecular flexibility index (Phi) is 5.02. The number of benzene rings is 2. The molecule has 2 rings (SSSR count). The summed E-state index contributed by atoms with van der Waals surface area (Å²) in [5, 5.41) is 16.8. The average molecular weight is 263 g/mol. The zero-order chi connectivity index (χ0) is 12.1. The molecule has 0 unspecified atom stereocenters. The predicted molar refractivity (Wildman–Crippen MR) is 71.3 cm³/mol. The lowest BCUT2D eigenvalue weighted by molar-refractivity contribution is 0.0697. The van der Waals surface area contributed by atoms with Gasteiger partial charge in [-0.05, 0) is 36.4 Å². The summed E-state index contributed by atoms with van der Waals surface area (Å²) in [6, 6.07) is 15.6. The second-order valence-corrected chi connectivity index (χ2v) is 3.39. The second kappa shape index (κ2) is 6.51. The molecule has 5 heteroatoms. The lowest BCUT2D eigenvalue weighted by atomic mass is 10.2. The van der Waals surface area contributed by atoms with Gasteiger partial charge >= 0.3 is 5.97 Å². The summed E-state index contributed by atoms with van der Waals surface area (Å²) in [4.78, 5) is 10.6. The average Bonchev–Trinajstić information content (AvgIpc) is 2.38. The van der Waals surface area contributed by atoms with Crippen LogP contribution in [0.2, 0.25) is 0 Å². The van der Waals surface area contributed by atoms with Crippen LogP contribution in [-0.2, 0) is 0 Å².